The second kappa shape index (κ2) is 7.81. The van der Waals surface area contributed by atoms with E-state index in [1.54, 1.807) is 5.57 Å². The zero-order valence-corrected chi connectivity index (χ0v) is 19.5. The van der Waals surface area contributed by atoms with Gasteiger partial charge in [-0.2, -0.15) is 0 Å². The lowest BCUT2D eigenvalue weighted by Crippen LogP contribution is -2.43. The number of aryl methyl sites for hydroxylation is 1. The minimum Gasteiger partial charge on any atom is -0.489 e. The van der Waals surface area contributed by atoms with Crippen LogP contribution in [0.5, 0.6) is 5.75 Å². The van der Waals surface area contributed by atoms with Crippen molar-refractivity contribution in [1.82, 2.24) is 0 Å². The van der Waals surface area contributed by atoms with Crippen molar-refractivity contribution >= 4 is 5.57 Å². The molecule has 164 valence electrons. The maximum atomic E-state index is 6.55. The fourth-order valence-electron chi connectivity index (χ4n) is 6.36. The van der Waals surface area contributed by atoms with Crippen molar-refractivity contribution in [3.63, 3.8) is 0 Å². The highest BCUT2D eigenvalue weighted by atomic mass is 16.5. The number of rotatable bonds is 4. The zero-order valence-electron chi connectivity index (χ0n) is 19.5. The van der Waals surface area contributed by atoms with E-state index in [-0.39, 0.29) is 11.0 Å². The molecule has 0 N–H and O–H groups in total. The highest BCUT2D eigenvalue weighted by Gasteiger charge is 2.53. The van der Waals surface area contributed by atoms with Crippen LogP contribution in [-0.4, -0.2) is 11.7 Å². The van der Waals surface area contributed by atoms with Crippen LogP contribution in [0, 0.1) is 17.3 Å². The van der Waals surface area contributed by atoms with Gasteiger partial charge in [0.1, 0.15) is 12.4 Å². The van der Waals surface area contributed by atoms with Crippen LogP contribution in [0.1, 0.15) is 70.1 Å². The van der Waals surface area contributed by atoms with E-state index in [2.05, 4.69) is 76.2 Å². The van der Waals surface area contributed by atoms with Crippen LogP contribution in [0.2, 0.25) is 0 Å². The summed E-state index contributed by atoms with van der Waals surface area (Å²) < 4.78 is 12.7. The molecule has 0 spiro atoms. The van der Waals surface area contributed by atoms with Crippen molar-refractivity contribution in [2.75, 3.05) is 0 Å². The Bertz CT molecular complexity index is 968. The summed E-state index contributed by atoms with van der Waals surface area (Å²) in [5.41, 5.74) is 5.93. The van der Waals surface area contributed by atoms with Crippen LogP contribution in [0.15, 0.2) is 54.6 Å². The number of hydrogen-bond donors (Lipinski definition) is 0. The van der Waals surface area contributed by atoms with E-state index in [4.69, 9.17) is 9.47 Å². The van der Waals surface area contributed by atoms with Crippen LogP contribution in [0.4, 0.5) is 0 Å². The molecule has 4 atom stereocenters. The van der Waals surface area contributed by atoms with Gasteiger partial charge in [-0.25, -0.2) is 0 Å². The van der Waals surface area contributed by atoms with Gasteiger partial charge in [0.25, 0.3) is 0 Å². The highest BCUT2D eigenvalue weighted by molar-refractivity contribution is 5.73. The molecule has 0 heterocycles. The highest BCUT2D eigenvalue weighted by Crippen LogP contribution is 2.59. The summed E-state index contributed by atoms with van der Waals surface area (Å²) in [7, 11) is 0. The fourth-order valence-corrected chi connectivity index (χ4v) is 6.36. The number of fused-ring (bicyclic) bond motifs is 5. The molecule has 3 aliphatic carbocycles. The first kappa shape index (κ1) is 20.8. The van der Waals surface area contributed by atoms with E-state index in [0.29, 0.717) is 18.6 Å². The summed E-state index contributed by atoms with van der Waals surface area (Å²) in [6.07, 6.45) is 8.97. The van der Waals surface area contributed by atoms with Gasteiger partial charge in [0.05, 0.1) is 11.7 Å². The van der Waals surface area contributed by atoms with Crippen LogP contribution in [-0.2, 0) is 17.8 Å². The molecule has 5 rings (SSSR count). The molecule has 31 heavy (non-hydrogen) atoms. The van der Waals surface area contributed by atoms with Gasteiger partial charge < -0.3 is 9.47 Å². The third-order valence-electron chi connectivity index (χ3n) is 7.83. The number of hydrogen-bond acceptors (Lipinski definition) is 2. The third kappa shape index (κ3) is 3.96. The second-order valence-electron chi connectivity index (χ2n) is 11.0. The summed E-state index contributed by atoms with van der Waals surface area (Å²) >= 11 is 0. The van der Waals surface area contributed by atoms with Crippen molar-refractivity contribution in [3.05, 3.63) is 71.3 Å². The quantitative estimate of drug-likeness (QED) is 0.524. The molecule has 2 aromatic rings. The molecular formula is C29H36O2. The summed E-state index contributed by atoms with van der Waals surface area (Å²) in [5, 5.41) is 0. The van der Waals surface area contributed by atoms with Crippen LogP contribution >= 0.6 is 0 Å². The molecule has 0 bridgehead atoms. The zero-order chi connectivity index (χ0) is 21.6. The lowest BCUT2D eigenvalue weighted by atomic mass is 9.60. The van der Waals surface area contributed by atoms with E-state index in [1.807, 2.05) is 6.07 Å². The molecule has 0 unspecified atom stereocenters. The Labute approximate surface area is 187 Å². The van der Waals surface area contributed by atoms with E-state index in [0.717, 1.165) is 24.5 Å². The smallest absolute Gasteiger partial charge is 0.120 e. The molecule has 0 aliphatic heterocycles. The first-order chi connectivity index (χ1) is 14.8. The molecule has 0 saturated heterocycles. The molecule has 3 aliphatic rings. The molecule has 2 heteroatoms. The Balaban J connectivity index is 1.35. The average molecular weight is 417 g/mol. The second-order valence-corrected chi connectivity index (χ2v) is 11.0. The van der Waals surface area contributed by atoms with Gasteiger partial charge in [-0.15, -0.1) is 0 Å². The van der Waals surface area contributed by atoms with Crippen LogP contribution in [0.25, 0.3) is 5.57 Å². The van der Waals surface area contributed by atoms with Crippen LogP contribution < -0.4 is 4.74 Å². The minimum atomic E-state index is -0.0676. The molecule has 1 saturated carbocycles. The lowest BCUT2D eigenvalue weighted by molar-refractivity contribution is -0.112. The van der Waals surface area contributed by atoms with Gasteiger partial charge in [-0.3, -0.25) is 0 Å². The molecule has 2 aromatic carbocycles. The van der Waals surface area contributed by atoms with Crippen molar-refractivity contribution < 1.29 is 9.47 Å². The number of allylic oxidation sites excluding steroid dienone is 2. The van der Waals surface area contributed by atoms with Gasteiger partial charge in [-0.1, -0.05) is 49.4 Å². The van der Waals surface area contributed by atoms with Gasteiger partial charge in [0.2, 0.25) is 0 Å². The summed E-state index contributed by atoms with van der Waals surface area (Å²) in [6, 6.07) is 17.2. The van der Waals surface area contributed by atoms with E-state index in [9.17, 15) is 0 Å². The topological polar surface area (TPSA) is 18.5 Å². The Kier molecular flexibility index (Phi) is 5.25. The largest absolute Gasteiger partial charge is 0.489 e. The van der Waals surface area contributed by atoms with Crippen LogP contribution in [0.3, 0.4) is 0 Å². The first-order valence-corrected chi connectivity index (χ1v) is 12.0. The lowest BCUT2D eigenvalue weighted by Gasteiger charge is -2.47. The molecular weight excluding hydrogens is 380 g/mol. The van der Waals surface area contributed by atoms with Gasteiger partial charge in [0, 0.05) is 5.41 Å². The SMILES string of the molecule is CC(C)(C)O[C@H]1CC[C@H]2[C@@H]3CCc4cc(OCc5ccccc5)ccc4C3=CC[C@]12C. The van der Waals surface area contributed by atoms with Gasteiger partial charge in [0.15, 0.2) is 0 Å². The first-order valence-electron chi connectivity index (χ1n) is 12.0. The summed E-state index contributed by atoms with van der Waals surface area (Å²) in [4.78, 5) is 0. The van der Waals surface area contributed by atoms with E-state index >= 15 is 0 Å². The maximum absolute atomic E-state index is 6.55. The predicted octanol–water partition coefficient (Wildman–Crippen LogP) is 7.22. The minimum absolute atomic E-state index is 0.0676. The molecule has 2 nitrogen and oxygen atoms in total. The Morgan fingerprint density at radius 3 is 2.58 bits per heavy atom. The van der Waals surface area contributed by atoms with Gasteiger partial charge in [-0.05, 0) is 99.1 Å². The maximum Gasteiger partial charge on any atom is 0.120 e. The standard InChI is InChI=1S/C29H36O2/c1-28(2,3)31-27-15-14-26-25-12-10-21-18-22(30-19-20-8-6-5-7-9-20)11-13-23(21)24(25)16-17-29(26,27)4/h5-9,11,13,16,18,25-27H,10,12,14-15,17,19H2,1-4H3/t25-,26+,27+,29+/m1/s1. The predicted molar refractivity (Wildman–Crippen MR) is 127 cm³/mol. The van der Waals surface area contributed by atoms with Crippen molar-refractivity contribution in [3.8, 4) is 5.75 Å². The normalized spacial score (nSPS) is 29.5. The third-order valence-corrected chi connectivity index (χ3v) is 7.83. The average Bonchev–Trinajstić information content (AvgIpc) is 3.07. The fraction of sp³-hybridized carbons (Fsp3) is 0.517. The monoisotopic (exact) mass is 416 g/mol. The van der Waals surface area contributed by atoms with E-state index in [1.165, 1.54) is 36.0 Å². The van der Waals surface area contributed by atoms with Crippen molar-refractivity contribution in [1.29, 1.82) is 0 Å². The molecule has 0 radical (unpaired) electrons. The number of ether oxygens (including phenoxy) is 2. The Morgan fingerprint density at radius 1 is 1.00 bits per heavy atom. The van der Waals surface area contributed by atoms with Crippen molar-refractivity contribution in [2.24, 2.45) is 17.3 Å². The van der Waals surface area contributed by atoms with Crippen molar-refractivity contribution in [2.45, 2.75) is 78.1 Å². The number of benzene rings is 2. The molecule has 0 amide bonds. The van der Waals surface area contributed by atoms with E-state index < -0.39 is 0 Å². The summed E-state index contributed by atoms with van der Waals surface area (Å²) in [6.45, 7) is 9.71. The summed E-state index contributed by atoms with van der Waals surface area (Å²) in [5.74, 6) is 2.40. The van der Waals surface area contributed by atoms with Gasteiger partial charge >= 0.3 is 0 Å². The molecule has 1 fully saturated rings. The Hall–Kier alpha value is -2.06. The Morgan fingerprint density at radius 2 is 1.81 bits per heavy atom. The molecule has 0 aromatic heterocycles.